The summed E-state index contributed by atoms with van der Waals surface area (Å²) in [6.45, 7) is 16.8. The van der Waals surface area contributed by atoms with E-state index in [1.165, 1.54) is 32.3 Å². The van der Waals surface area contributed by atoms with Gasteiger partial charge in [0.05, 0.1) is 17.4 Å². The maximum absolute atomic E-state index is 14.1. The van der Waals surface area contributed by atoms with Gasteiger partial charge in [0.15, 0.2) is 5.78 Å². The Morgan fingerprint density at radius 3 is 2.24 bits per heavy atom. The molecule has 1 saturated carbocycles. The Morgan fingerprint density at radius 1 is 1.04 bits per heavy atom. The predicted octanol–water partition coefficient (Wildman–Crippen LogP) is 4.17. The van der Waals surface area contributed by atoms with Gasteiger partial charge in [0.1, 0.15) is 30.0 Å². The van der Waals surface area contributed by atoms with Gasteiger partial charge in [-0.15, -0.1) is 0 Å². The van der Waals surface area contributed by atoms with Crippen LogP contribution in [0.3, 0.4) is 0 Å². The fourth-order valence-electron chi connectivity index (χ4n) is 6.25. The van der Waals surface area contributed by atoms with E-state index in [4.69, 9.17) is 18.9 Å². The number of rotatable bonds is 6. The molecule has 11 nitrogen and oxygen atoms in total. The SMILES string of the molecule is C=C1C[C@@H](OC(C)=O)[C@@H](OC(=O)c2cccnc2)C(C)(C)/C=C/[C@H](C)C(=O)[C@@]2(O)C[C@H](C)[C@H](OC(=O)C(C)C)[C@@H]2[C@H]1OC(C)=O. The molecule has 1 aromatic heterocycles. The molecule has 11 heteroatoms. The molecule has 1 aromatic rings. The fraction of sp³-hybridized carbons (Fsp3) is 0.588. The zero-order valence-electron chi connectivity index (χ0n) is 27.3. The van der Waals surface area contributed by atoms with Crippen LogP contribution in [0.25, 0.3) is 0 Å². The maximum Gasteiger partial charge on any atom is 0.340 e. The van der Waals surface area contributed by atoms with Crippen LogP contribution in [0.15, 0.2) is 48.8 Å². The number of hydrogen-bond donors (Lipinski definition) is 1. The second-order valence-corrected chi connectivity index (χ2v) is 13.1. The first kappa shape index (κ1) is 35.6. The number of nitrogens with zero attached hydrogens (tertiary/aromatic N) is 1. The number of pyridine rings is 1. The molecule has 2 aliphatic carbocycles. The van der Waals surface area contributed by atoms with Gasteiger partial charge in [-0.1, -0.05) is 60.3 Å². The molecule has 2 aliphatic rings. The second kappa shape index (κ2) is 14.1. The smallest absolute Gasteiger partial charge is 0.340 e. The molecule has 0 radical (unpaired) electrons. The quantitative estimate of drug-likeness (QED) is 0.274. The van der Waals surface area contributed by atoms with E-state index in [9.17, 15) is 29.1 Å². The third-order valence-corrected chi connectivity index (χ3v) is 8.48. The van der Waals surface area contributed by atoms with Gasteiger partial charge >= 0.3 is 23.9 Å². The molecule has 0 spiro atoms. The number of fused-ring (bicyclic) bond motifs is 1. The monoisotopic (exact) mass is 627 g/mol. The standard InChI is InChI=1S/C34H45NO10/c1-18(2)31(39)44-28-21(5)16-34(41)26(28)27(43-23(7)37)20(4)15-25(42-22(6)36)30(33(8,9)13-12-19(3)29(34)38)45-32(40)24-11-10-14-35-17-24/h10-14,17-19,21,25-28,30,41H,4,15-16H2,1-3,5-9H3/b13-12+/t19-,21-,25+,26-,27-,28-,30+,34+/m0/s1. The number of esters is 4. The average Bonchev–Trinajstić information content (AvgIpc) is 3.21. The first-order valence-electron chi connectivity index (χ1n) is 15.2. The third kappa shape index (κ3) is 8.06. The molecule has 45 heavy (non-hydrogen) atoms. The van der Waals surface area contributed by atoms with Crippen molar-refractivity contribution in [1.82, 2.24) is 4.98 Å². The summed E-state index contributed by atoms with van der Waals surface area (Å²) < 4.78 is 23.4. The van der Waals surface area contributed by atoms with Gasteiger partial charge < -0.3 is 24.1 Å². The van der Waals surface area contributed by atoms with Crippen LogP contribution in [0, 0.1) is 29.1 Å². The number of hydrogen-bond acceptors (Lipinski definition) is 11. The minimum absolute atomic E-state index is 0.0577. The van der Waals surface area contributed by atoms with Crippen LogP contribution in [0.2, 0.25) is 0 Å². The van der Waals surface area contributed by atoms with E-state index in [1.807, 2.05) is 0 Å². The van der Waals surface area contributed by atoms with Crippen molar-refractivity contribution in [2.24, 2.45) is 29.1 Å². The maximum atomic E-state index is 14.1. The largest absolute Gasteiger partial charge is 0.461 e. The Morgan fingerprint density at radius 2 is 1.69 bits per heavy atom. The summed E-state index contributed by atoms with van der Waals surface area (Å²) in [7, 11) is 0. The van der Waals surface area contributed by atoms with E-state index in [0.717, 1.165) is 0 Å². The minimum Gasteiger partial charge on any atom is -0.461 e. The summed E-state index contributed by atoms with van der Waals surface area (Å²) in [5, 5.41) is 12.2. The molecule has 0 aliphatic heterocycles. The number of Topliss-reactive ketones (excluding diaryl/α,β-unsaturated/α-hetero) is 1. The van der Waals surface area contributed by atoms with Crippen molar-refractivity contribution in [2.75, 3.05) is 0 Å². The van der Waals surface area contributed by atoms with Gasteiger partial charge in [-0.3, -0.25) is 24.2 Å². The van der Waals surface area contributed by atoms with Gasteiger partial charge in [0, 0.05) is 44.0 Å². The number of allylic oxidation sites excluding steroid dienone is 1. The van der Waals surface area contributed by atoms with Crippen molar-refractivity contribution in [1.29, 1.82) is 0 Å². The first-order chi connectivity index (χ1) is 20.9. The van der Waals surface area contributed by atoms with Gasteiger partial charge in [-0.25, -0.2) is 4.79 Å². The van der Waals surface area contributed by atoms with Crippen molar-refractivity contribution in [2.45, 2.75) is 98.2 Å². The molecular formula is C34H45NO10. The fourth-order valence-corrected chi connectivity index (χ4v) is 6.25. The summed E-state index contributed by atoms with van der Waals surface area (Å²) >= 11 is 0. The molecule has 0 aromatic carbocycles. The van der Waals surface area contributed by atoms with E-state index in [-0.39, 0.29) is 24.0 Å². The van der Waals surface area contributed by atoms with Gasteiger partial charge in [-0.05, 0) is 30.0 Å². The molecule has 1 heterocycles. The molecule has 0 bridgehead atoms. The lowest BCUT2D eigenvalue weighted by Gasteiger charge is -2.41. The van der Waals surface area contributed by atoms with Gasteiger partial charge in [0.25, 0.3) is 0 Å². The molecular weight excluding hydrogens is 582 g/mol. The molecule has 0 amide bonds. The number of aromatic nitrogens is 1. The Bertz CT molecular complexity index is 1340. The normalized spacial score (nSPS) is 32.4. The lowest BCUT2D eigenvalue weighted by atomic mass is 9.73. The van der Waals surface area contributed by atoms with Crippen LogP contribution in [0.1, 0.15) is 78.6 Å². The zero-order chi connectivity index (χ0) is 33.9. The highest BCUT2D eigenvalue weighted by atomic mass is 16.6. The topological polar surface area (TPSA) is 155 Å². The highest BCUT2D eigenvalue weighted by Crippen LogP contribution is 2.49. The van der Waals surface area contributed by atoms with E-state index in [1.54, 1.807) is 59.8 Å². The Hall–Kier alpha value is -3.86. The molecule has 1 N–H and O–H groups in total. The Labute approximate surface area is 264 Å². The highest BCUT2D eigenvalue weighted by Gasteiger charge is 2.62. The lowest BCUT2D eigenvalue weighted by Crippen LogP contribution is -2.54. The number of aliphatic hydroxyl groups is 1. The number of ether oxygens (including phenoxy) is 4. The summed E-state index contributed by atoms with van der Waals surface area (Å²) in [6, 6.07) is 3.11. The predicted molar refractivity (Wildman–Crippen MR) is 162 cm³/mol. The zero-order valence-corrected chi connectivity index (χ0v) is 27.3. The summed E-state index contributed by atoms with van der Waals surface area (Å²) in [6.07, 6.45) is 1.30. The third-order valence-electron chi connectivity index (χ3n) is 8.48. The van der Waals surface area contributed by atoms with Crippen molar-refractivity contribution in [3.8, 4) is 0 Å². The van der Waals surface area contributed by atoms with Crippen molar-refractivity contribution in [3.05, 3.63) is 54.4 Å². The molecule has 246 valence electrons. The molecule has 0 saturated heterocycles. The van der Waals surface area contributed by atoms with Crippen molar-refractivity contribution in [3.63, 3.8) is 0 Å². The van der Waals surface area contributed by atoms with E-state index >= 15 is 0 Å². The van der Waals surface area contributed by atoms with Crippen LogP contribution >= 0.6 is 0 Å². The lowest BCUT2D eigenvalue weighted by molar-refractivity contribution is -0.174. The highest BCUT2D eigenvalue weighted by molar-refractivity contribution is 5.91. The van der Waals surface area contributed by atoms with Crippen molar-refractivity contribution >= 4 is 29.7 Å². The van der Waals surface area contributed by atoms with E-state index in [0.29, 0.717) is 0 Å². The molecule has 0 unspecified atom stereocenters. The van der Waals surface area contributed by atoms with Crippen LogP contribution in [0.4, 0.5) is 0 Å². The number of carbonyl (C=O) groups excluding carboxylic acids is 5. The van der Waals surface area contributed by atoms with Crippen LogP contribution in [-0.2, 0) is 38.1 Å². The Kier molecular flexibility index (Phi) is 11.1. The van der Waals surface area contributed by atoms with Crippen molar-refractivity contribution < 1.29 is 48.0 Å². The van der Waals surface area contributed by atoms with Gasteiger partial charge in [-0.2, -0.15) is 0 Å². The minimum atomic E-state index is -2.07. The molecule has 8 atom stereocenters. The number of carbonyl (C=O) groups is 5. The summed E-state index contributed by atoms with van der Waals surface area (Å²) in [5.41, 5.74) is -2.75. The van der Waals surface area contributed by atoms with Gasteiger partial charge in [0.2, 0.25) is 0 Å². The average molecular weight is 628 g/mol. The summed E-state index contributed by atoms with van der Waals surface area (Å²) in [4.78, 5) is 69.1. The summed E-state index contributed by atoms with van der Waals surface area (Å²) in [5.74, 6) is -6.30. The Balaban J connectivity index is 2.22. The van der Waals surface area contributed by atoms with E-state index in [2.05, 4.69) is 11.6 Å². The van der Waals surface area contributed by atoms with Crippen LogP contribution in [-0.4, -0.2) is 69.8 Å². The first-order valence-corrected chi connectivity index (χ1v) is 15.2. The molecule has 1 fully saturated rings. The number of ketones is 1. The second-order valence-electron chi connectivity index (χ2n) is 13.1. The molecule has 3 rings (SSSR count). The van der Waals surface area contributed by atoms with E-state index < -0.39 is 88.8 Å². The van der Waals surface area contributed by atoms with Crippen LogP contribution < -0.4 is 0 Å². The van der Waals surface area contributed by atoms with Crippen LogP contribution in [0.5, 0.6) is 0 Å².